The van der Waals surface area contributed by atoms with Gasteiger partial charge in [-0.25, -0.2) is 21.6 Å². The number of carbonyl (C=O) groups excluding carboxylic acids is 1. The summed E-state index contributed by atoms with van der Waals surface area (Å²) in [5.74, 6) is -0.105. The largest absolute Gasteiger partial charge is 0.341 e. The second kappa shape index (κ2) is 7.52. The first-order valence-corrected chi connectivity index (χ1v) is 10.5. The molecule has 1 saturated heterocycles. The number of sulfone groups is 1. The minimum absolute atomic E-state index is 0.0683. The Hall–Kier alpha value is -0.710. The molecule has 0 radical (unpaired) electrons. The molecule has 0 bridgehead atoms. The van der Waals surface area contributed by atoms with Crippen LogP contribution in [0.4, 0.5) is 0 Å². The van der Waals surface area contributed by atoms with Crippen molar-refractivity contribution in [3.05, 3.63) is 0 Å². The summed E-state index contributed by atoms with van der Waals surface area (Å²) < 4.78 is 46.9. The lowest BCUT2D eigenvalue weighted by Crippen LogP contribution is -2.42. The molecular weight excluding hydrogens is 318 g/mol. The van der Waals surface area contributed by atoms with Crippen LogP contribution in [0.1, 0.15) is 25.7 Å². The molecule has 8 nitrogen and oxygen atoms in total. The maximum absolute atomic E-state index is 11.9. The Labute approximate surface area is 126 Å². The van der Waals surface area contributed by atoms with Crippen molar-refractivity contribution >= 4 is 25.8 Å². The Kier molecular flexibility index (Phi) is 6.57. The van der Waals surface area contributed by atoms with Crippen LogP contribution < -0.4 is 10.5 Å². The van der Waals surface area contributed by atoms with Gasteiger partial charge in [0.15, 0.2) is 14.9 Å². The molecule has 21 heavy (non-hydrogen) atoms. The second-order valence-electron chi connectivity index (χ2n) is 5.33. The van der Waals surface area contributed by atoms with E-state index in [2.05, 4.69) is 4.72 Å². The fourth-order valence-corrected chi connectivity index (χ4v) is 5.21. The second-order valence-corrected chi connectivity index (χ2v) is 9.65. The molecule has 3 N–H and O–H groups in total. The zero-order valence-corrected chi connectivity index (χ0v) is 13.7. The van der Waals surface area contributed by atoms with E-state index < -0.39 is 31.0 Å². The molecule has 1 atom stereocenters. The predicted molar refractivity (Wildman–Crippen MR) is 79.7 cm³/mol. The standard InChI is InChI=1S/C11H23N3O5S2/c1-20(16,17)9-21(18,19)13-6-4-5-10(12)11(15)14-7-2-3-8-14/h10,13H,2-9,12H2,1H3. The van der Waals surface area contributed by atoms with Crippen molar-refractivity contribution in [3.8, 4) is 0 Å². The van der Waals surface area contributed by atoms with Crippen LogP contribution in [0.5, 0.6) is 0 Å². The summed E-state index contributed by atoms with van der Waals surface area (Å²) >= 11 is 0. The number of nitrogens with one attached hydrogen (secondary N) is 1. The van der Waals surface area contributed by atoms with Gasteiger partial charge in [0, 0.05) is 25.9 Å². The van der Waals surface area contributed by atoms with Crippen LogP contribution in [0.2, 0.25) is 0 Å². The van der Waals surface area contributed by atoms with Gasteiger partial charge >= 0.3 is 0 Å². The number of hydrogen-bond acceptors (Lipinski definition) is 6. The number of amides is 1. The first-order valence-electron chi connectivity index (χ1n) is 6.80. The zero-order valence-electron chi connectivity index (χ0n) is 12.1. The van der Waals surface area contributed by atoms with Gasteiger partial charge in [-0.1, -0.05) is 0 Å². The van der Waals surface area contributed by atoms with Crippen LogP contribution in [-0.4, -0.2) is 64.7 Å². The summed E-state index contributed by atoms with van der Waals surface area (Å²) in [4.78, 5) is 13.6. The van der Waals surface area contributed by atoms with Gasteiger partial charge in [-0.2, -0.15) is 0 Å². The fourth-order valence-electron chi connectivity index (χ4n) is 2.17. The van der Waals surface area contributed by atoms with Crippen molar-refractivity contribution < 1.29 is 21.6 Å². The summed E-state index contributed by atoms with van der Waals surface area (Å²) in [6.07, 6.45) is 3.57. The summed E-state index contributed by atoms with van der Waals surface area (Å²) in [6.45, 7) is 1.53. The quantitative estimate of drug-likeness (QED) is 0.525. The van der Waals surface area contributed by atoms with E-state index in [-0.39, 0.29) is 12.5 Å². The predicted octanol–water partition coefficient (Wildman–Crippen LogP) is -1.36. The first-order chi connectivity index (χ1) is 9.61. The van der Waals surface area contributed by atoms with Crippen molar-refractivity contribution in [1.29, 1.82) is 0 Å². The third kappa shape index (κ3) is 7.21. The van der Waals surface area contributed by atoms with Crippen LogP contribution in [0, 0.1) is 0 Å². The van der Waals surface area contributed by atoms with Crippen molar-refractivity contribution in [1.82, 2.24) is 9.62 Å². The molecule has 124 valence electrons. The average Bonchev–Trinajstić information content (AvgIpc) is 2.84. The molecule has 0 aromatic rings. The molecule has 0 aromatic heterocycles. The Morgan fingerprint density at radius 2 is 1.81 bits per heavy atom. The third-order valence-corrected chi connectivity index (χ3v) is 6.72. The van der Waals surface area contributed by atoms with E-state index in [0.29, 0.717) is 12.8 Å². The Morgan fingerprint density at radius 1 is 1.24 bits per heavy atom. The molecule has 0 spiro atoms. The maximum atomic E-state index is 11.9. The number of likely N-dealkylation sites (tertiary alicyclic amines) is 1. The van der Waals surface area contributed by atoms with E-state index in [1.165, 1.54) is 0 Å². The first kappa shape index (κ1) is 18.3. The maximum Gasteiger partial charge on any atom is 0.239 e. The van der Waals surface area contributed by atoms with Gasteiger partial charge < -0.3 is 10.6 Å². The van der Waals surface area contributed by atoms with E-state index in [4.69, 9.17) is 5.73 Å². The highest BCUT2D eigenvalue weighted by Crippen LogP contribution is 2.10. The van der Waals surface area contributed by atoms with Crippen LogP contribution in [-0.2, 0) is 24.7 Å². The number of sulfonamides is 1. The SMILES string of the molecule is CS(=O)(=O)CS(=O)(=O)NCCCC(N)C(=O)N1CCCC1. The lowest BCUT2D eigenvalue weighted by molar-refractivity contribution is -0.131. The molecule has 1 aliphatic rings. The molecule has 0 saturated carbocycles. The molecule has 1 unspecified atom stereocenters. The Morgan fingerprint density at radius 3 is 2.33 bits per heavy atom. The van der Waals surface area contributed by atoms with E-state index >= 15 is 0 Å². The molecule has 0 aromatic carbocycles. The summed E-state index contributed by atoms with van der Waals surface area (Å²) in [5.41, 5.74) is 5.78. The van der Waals surface area contributed by atoms with Crippen molar-refractivity contribution in [3.63, 3.8) is 0 Å². The number of rotatable bonds is 8. The van der Waals surface area contributed by atoms with Crippen molar-refractivity contribution in [2.24, 2.45) is 5.73 Å². The number of hydrogen-bond donors (Lipinski definition) is 2. The molecular formula is C11H23N3O5S2. The van der Waals surface area contributed by atoms with Gasteiger partial charge in [-0.3, -0.25) is 4.79 Å². The highest BCUT2D eigenvalue weighted by Gasteiger charge is 2.23. The van der Waals surface area contributed by atoms with E-state index in [9.17, 15) is 21.6 Å². The van der Waals surface area contributed by atoms with Crippen LogP contribution in [0.3, 0.4) is 0 Å². The normalized spacial score (nSPS) is 17.9. The summed E-state index contributed by atoms with van der Waals surface area (Å²) in [7, 11) is -7.44. The number of nitrogens with two attached hydrogens (primary N) is 1. The molecule has 1 aliphatic heterocycles. The Balaban J connectivity index is 2.28. The van der Waals surface area contributed by atoms with E-state index in [1.807, 2.05) is 0 Å². The van der Waals surface area contributed by atoms with Gasteiger partial charge in [-0.15, -0.1) is 0 Å². The molecule has 0 aliphatic carbocycles. The van der Waals surface area contributed by atoms with Crippen LogP contribution in [0.25, 0.3) is 0 Å². The van der Waals surface area contributed by atoms with Crippen molar-refractivity contribution in [2.45, 2.75) is 31.7 Å². The minimum Gasteiger partial charge on any atom is -0.341 e. The lowest BCUT2D eigenvalue weighted by atomic mass is 10.1. The average molecular weight is 341 g/mol. The number of carbonyl (C=O) groups is 1. The summed E-state index contributed by atoms with van der Waals surface area (Å²) in [6, 6.07) is -0.637. The molecule has 1 fully saturated rings. The highest BCUT2D eigenvalue weighted by molar-refractivity contribution is 8.06. The molecule has 1 amide bonds. The Bertz CT molecular complexity index is 552. The van der Waals surface area contributed by atoms with Gasteiger partial charge in [0.2, 0.25) is 15.9 Å². The summed E-state index contributed by atoms with van der Waals surface area (Å²) in [5, 5.41) is -0.932. The highest BCUT2D eigenvalue weighted by atomic mass is 32.3. The molecule has 10 heteroatoms. The molecule has 1 rings (SSSR count). The fraction of sp³-hybridized carbons (Fsp3) is 0.909. The lowest BCUT2D eigenvalue weighted by Gasteiger charge is -2.20. The van der Waals surface area contributed by atoms with Gasteiger partial charge in [0.05, 0.1) is 6.04 Å². The van der Waals surface area contributed by atoms with E-state index in [0.717, 1.165) is 32.2 Å². The van der Waals surface area contributed by atoms with Gasteiger partial charge in [-0.05, 0) is 25.7 Å². The zero-order chi connectivity index (χ0) is 16.1. The van der Waals surface area contributed by atoms with E-state index in [1.54, 1.807) is 4.90 Å². The van der Waals surface area contributed by atoms with Crippen LogP contribution >= 0.6 is 0 Å². The number of nitrogens with zero attached hydrogens (tertiary/aromatic N) is 1. The monoisotopic (exact) mass is 341 g/mol. The molecule has 1 heterocycles. The van der Waals surface area contributed by atoms with Gasteiger partial charge in [0.25, 0.3) is 0 Å². The van der Waals surface area contributed by atoms with Gasteiger partial charge in [0.1, 0.15) is 0 Å². The topological polar surface area (TPSA) is 127 Å². The third-order valence-electron chi connectivity index (χ3n) is 3.12. The van der Waals surface area contributed by atoms with Crippen LogP contribution in [0.15, 0.2) is 0 Å². The minimum atomic E-state index is -3.85. The van der Waals surface area contributed by atoms with Crippen molar-refractivity contribution in [2.75, 3.05) is 31.0 Å². The smallest absolute Gasteiger partial charge is 0.239 e.